The molecule has 1 fully saturated rings. The molecular weight excluding hydrogens is 295 g/mol. The number of hydrogen-bond donors (Lipinski definition) is 1. The van der Waals surface area contributed by atoms with Gasteiger partial charge < -0.3 is 10.2 Å². The van der Waals surface area contributed by atoms with E-state index in [4.69, 9.17) is 0 Å². The Morgan fingerprint density at radius 1 is 1.41 bits per heavy atom. The van der Waals surface area contributed by atoms with E-state index in [9.17, 15) is 18.0 Å². The maximum absolute atomic E-state index is 13.1. The molecule has 1 N–H and O–H groups in total. The fourth-order valence-electron chi connectivity index (χ4n) is 2.62. The van der Waals surface area contributed by atoms with E-state index in [1.807, 2.05) is 7.05 Å². The summed E-state index contributed by atoms with van der Waals surface area (Å²) in [6.07, 6.45) is -1.46. The van der Waals surface area contributed by atoms with Crippen LogP contribution in [0.3, 0.4) is 0 Å². The van der Waals surface area contributed by atoms with Gasteiger partial charge in [-0.3, -0.25) is 9.78 Å². The number of likely N-dealkylation sites (tertiary alicyclic amines) is 1. The van der Waals surface area contributed by atoms with Gasteiger partial charge in [-0.2, -0.15) is 13.2 Å². The fourth-order valence-corrected chi connectivity index (χ4v) is 2.62. The van der Waals surface area contributed by atoms with Crippen LogP contribution in [0.2, 0.25) is 0 Å². The molecule has 22 heavy (non-hydrogen) atoms. The summed E-state index contributed by atoms with van der Waals surface area (Å²) in [5.41, 5.74) is -0.188. The largest absolute Gasteiger partial charge is 0.414 e. The van der Waals surface area contributed by atoms with Gasteiger partial charge in [0.1, 0.15) is 0 Å². The second kappa shape index (κ2) is 7.09. The third kappa shape index (κ3) is 4.69. The van der Waals surface area contributed by atoms with Crippen LogP contribution in [0.25, 0.3) is 0 Å². The van der Waals surface area contributed by atoms with E-state index < -0.39 is 18.1 Å². The van der Waals surface area contributed by atoms with Crippen LogP contribution in [0.4, 0.5) is 13.2 Å². The molecule has 0 unspecified atom stereocenters. The zero-order valence-corrected chi connectivity index (χ0v) is 12.4. The normalized spacial score (nSPS) is 18.9. The number of hydrogen-bond acceptors (Lipinski definition) is 3. The van der Waals surface area contributed by atoms with E-state index in [0.717, 1.165) is 25.9 Å². The van der Waals surface area contributed by atoms with Crippen LogP contribution < -0.4 is 5.32 Å². The summed E-state index contributed by atoms with van der Waals surface area (Å²) in [6, 6.07) is 2.24. The Bertz CT molecular complexity index is 485. The van der Waals surface area contributed by atoms with E-state index in [2.05, 4.69) is 15.2 Å². The summed E-state index contributed by atoms with van der Waals surface area (Å²) in [6.45, 7) is 1.75. The van der Waals surface area contributed by atoms with Crippen LogP contribution in [0.15, 0.2) is 24.4 Å². The average molecular weight is 315 g/mol. The smallest absolute Gasteiger partial charge is 0.340 e. The number of alkyl halides is 3. The molecule has 0 aliphatic carbocycles. The van der Waals surface area contributed by atoms with E-state index in [1.165, 1.54) is 24.4 Å². The van der Waals surface area contributed by atoms with Crippen LogP contribution in [0, 0.1) is 5.92 Å². The molecule has 4 nitrogen and oxygen atoms in total. The summed E-state index contributed by atoms with van der Waals surface area (Å²) in [5.74, 6) is -0.420. The number of amides is 1. The molecule has 1 aliphatic rings. The van der Waals surface area contributed by atoms with Gasteiger partial charge in [0.25, 0.3) is 0 Å². The Labute approximate surface area is 127 Å². The lowest BCUT2D eigenvalue weighted by atomic mass is 9.93. The first-order valence-electron chi connectivity index (χ1n) is 7.32. The van der Waals surface area contributed by atoms with Crippen LogP contribution in [-0.4, -0.2) is 42.1 Å². The SMILES string of the molecule is CN1CCC(CC(=O)N[C@H](c2ccccn2)C(F)(F)F)CC1. The molecule has 7 heteroatoms. The highest BCUT2D eigenvalue weighted by atomic mass is 19.4. The Kier molecular flexibility index (Phi) is 5.39. The third-order valence-corrected chi connectivity index (χ3v) is 3.93. The first kappa shape index (κ1) is 16.7. The minimum atomic E-state index is -4.56. The first-order valence-corrected chi connectivity index (χ1v) is 7.32. The van der Waals surface area contributed by atoms with Crippen molar-refractivity contribution in [2.24, 2.45) is 5.92 Å². The number of halogens is 3. The van der Waals surface area contributed by atoms with E-state index in [1.54, 1.807) is 0 Å². The molecule has 0 saturated carbocycles. The molecule has 2 heterocycles. The van der Waals surface area contributed by atoms with Crippen LogP contribution in [-0.2, 0) is 4.79 Å². The van der Waals surface area contributed by atoms with Gasteiger partial charge in [0, 0.05) is 12.6 Å². The second-order valence-electron chi connectivity index (χ2n) is 5.75. The number of nitrogens with zero attached hydrogens (tertiary/aromatic N) is 2. The van der Waals surface area contributed by atoms with Gasteiger partial charge in [-0.15, -0.1) is 0 Å². The molecule has 1 aromatic heterocycles. The molecule has 0 spiro atoms. The molecule has 1 aromatic rings. The highest BCUT2D eigenvalue weighted by Gasteiger charge is 2.42. The molecular formula is C15H20F3N3O. The number of pyridine rings is 1. The number of rotatable bonds is 4. The van der Waals surface area contributed by atoms with E-state index in [0.29, 0.717) is 0 Å². The lowest BCUT2D eigenvalue weighted by Gasteiger charge is -2.29. The standard InChI is InChI=1S/C15H20F3N3O/c1-21-8-5-11(6-9-21)10-13(22)20-14(15(16,17)18)12-4-2-3-7-19-12/h2-4,7,11,14H,5-6,8-10H2,1H3,(H,20,22)/t14-/m1/s1. The Balaban J connectivity index is 1.97. The predicted octanol–water partition coefficient (Wildman–Crippen LogP) is 2.53. The highest BCUT2D eigenvalue weighted by molar-refractivity contribution is 5.76. The topological polar surface area (TPSA) is 45.2 Å². The van der Waals surface area contributed by atoms with Crippen molar-refractivity contribution >= 4 is 5.91 Å². The highest BCUT2D eigenvalue weighted by Crippen LogP contribution is 2.32. The monoisotopic (exact) mass is 315 g/mol. The quantitative estimate of drug-likeness (QED) is 0.929. The number of piperidine rings is 1. The minimum absolute atomic E-state index is 0.132. The molecule has 0 aromatic carbocycles. The van der Waals surface area contributed by atoms with E-state index >= 15 is 0 Å². The maximum atomic E-state index is 13.1. The van der Waals surface area contributed by atoms with Gasteiger partial charge in [-0.25, -0.2) is 0 Å². The van der Waals surface area contributed by atoms with Gasteiger partial charge in [0.2, 0.25) is 5.91 Å². The zero-order valence-electron chi connectivity index (χ0n) is 12.4. The van der Waals surface area contributed by atoms with Crippen LogP contribution in [0.1, 0.15) is 31.0 Å². The predicted molar refractivity (Wildman–Crippen MR) is 76.0 cm³/mol. The van der Waals surface area contributed by atoms with Crippen molar-refractivity contribution in [3.8, 4) is 0 Å². The van der Waals surface area contributed by atoms with Crippen molar-refractivity contribution in [3.63, 3.8) is 0 Å². The molecule has 1 aliphatic heterocycles. The molecule has 122 valence electrons. The molecule has 1 amide bonds. The van der Waals surface area contributed by atoms with Crippen LogP contribution >= 0.6 is 0 Å². The fraction of sp³-hybridized carbons (Fsp3) is 0.600. The number of nitrogens with one attached hydrogen (secondary N) is 1. The van der Waals surface area contributed by atoms with Crippen molar-refractivity contribution in [1.82, 2.24) is 15.2 Å². The lowest BCUT2D eigenvalue weighted by molar-refractivity contribution is -0.164. The average Bonchev–Trinajstić information content (AvgIpc) is 2.47. The van der Waals surface area contributed by atoms with Crippen molar-refractivity contribution in [2.75, 3.05) is 20.1 Å². The van der Waals surface area contributed by atoms with Gasteiger partial charge in [-0.05, 0) is 51.0 Å². The number of carbonyl (C=O) groups excluding carboxylic acids is 1. The summed E-state index contributed by atoms with van der Waals surface area (Å²) in [7, 11) is 2.00. The Morgan fingerprint density at radius 2 is 2.09 bits per heavy atom. The summed E-state index contributed by atoms with van der Waals surface area (Å²) in [4.78, 5) is 17.8. The molecule has 1 saturated heterocycles. The maximum Gasteiger partial charge on any atom is 0.414 e. The molecule has 1 atom stereocenters. The van der Waals surface area contributed by atoms with Gasteiger partial charge >= 0.3 is 6.18 Å². The molecule has 2 rings (SSSR count). The Hall–Kier alpha value is -1.63. The molecule has 0 bridgehead atoms. The zero-order chi connectivity index (χ0) is 16.2. The van der Waals surface area contributed by atoms with Crippen molar-refractivity contribution < 1.29 is 18.0 Å². The van der Waals surface area contributed by atoms with Gasteiger partial charge in [0.05, 0.1) is 5.69 Å². The third-order valence-electron chi connectivity index (χ3n) is 3.93. The van der Waals surface area contributed by atoms with Crippen molar-refractivity contribution in [3.05, 3.63) is 30.1 Å². The van der Waals surface area contributed by atoms with Crippen molar-refractivity contribution in [1.29, 1.82) is 0 Å². The van der Waals surface area contributed by atoms with Gasteiger partial charge in [0.15, 0.2) is 6.04 Å². The summed E-state index contributed by atoms with van der Waals surface area (Å²) >= 11 is 0. The number of aromatic nitrogens is 1. The second-order valence-corrected chi connectivity index (χ2v) is 5.75. The minimum Gasteiger partial charge on any atom is -0.340 e. The van der Waals surface area contributed by atoms with Crippen molar-refractivity contribution in [2.45, 2.75) is 31.5 Å². The molecule has 0 radical (unpaired) electrons. The first-order chi connectivity index (χ1) is 10.4. The van der Waals surface area contributed by atoms with Crippen LogP contribution in [0.5, 0.6) is 0 Å². The summed E-state index contributed by atoms with van der Waals surface area (Å²) in [5, 5.41) is 2.09. The summed E-state index contributed by atoms with van der Waals surface area (Å²) < 4.78 is 39.4. The number of carbonyl (C=O) groups is 1. The Morgan fingerprint density at radius 3 is 2.64 bits per heavy atom. The lowest BCUT2D eigenvalue weighted by Crippen LogP contribution is -2.40. The van der Waals surface area contributed by atoms with Gasteiger partial charge in [-0.1, -0.05) is 6.07 Å². The van der Waals surface area contributed by atoms with E-state index in [-0.39, 0.29) is 18.0 Å².